The number of pyridine rings is 1. The average molecular weight is 467 g/mol. The van der Waals surface area contributed by atoms with Crippen LogP contribution in [-0.4, -0.2) is 24.1 Å². The second-order valence-corrected chi connectivity index (χ2v) is 10.3. The Balaban J connectivity index is 1.35. The molecule has 1 aromatic carbocycles. The predicted octanol–water partition coefficient (Wildman–Crippen LogP) is 4.53. The first-order chi connectivity index (χ1) is 15.9. The van der Waals surface area contributed by atoms with Crippen molar-refractivity contribution in [1.82, 2.24) is 9.88 Å². The zero-order valence-electron chi connectivity index (χ0n) is 19.3. The zero-order chi connectivity index (χ0) is 23.2. The number of ether oxygens (including phenoxy) is 1. The molecule has 1 heterocycles. The molecular formula is C27H31ClN2O3. The Morgan fingerprint density at radius 1 is 1.27 bits per heavy atom. The summed E-state index contributed by atoms with van der Waals surface area (Å²) in [5.41, 5.74) is 3.00. The van der Waals surface area contributed by atoms with E-state index >= 15 is 0 Å². The van der Waals surface area contributed by atoms with Crippen LogP contribution in [0.25, 0.3) is 0 Å². The van der Waals surface area contributed by atoms with Gasteiger partial charge in [-0.1, -0.05) is 35.9 Å². The van der Waals surface area contributed by atoms with Crippen LogP contribution in [0.5, 0.6) is 0 Å². The average Bonchev–Trinajstić information content (AvgIpc) is 3.45. The van der Waals surface area contributed by atoms with Crippen LogP contribution in [-0.2, 0) is 24.3 Å². The summed E-state index contributed by atoms with van der Waals surface area (Å²) in [6.45, 7) is 3.35. The number of benzene rings is 1. The molecule has 6 heteroatoms. The Hall–Kier alpha value is -2.37. The van der Waals surface area contributed by atoms with E-state index in [1.165, 1.54) is 12.8 Å². The third-order valence-electron chi connectivity index (χ3n) is 8.02. The molecule has 0 saturated heterocycles. The fourth-order valence-corrected chi connectivity index (χ4v) is 6.49. The maximum absolute atomic E-state index is 13.3. The number of aromatic nitrogens is 1. The highest BCUT2D eigenvalue weighted by Crippen LogP contribution is 2.69. The quantitative estimate of drug-likeness (QED) is 0.581. The number of carbonyl (C=O) groups excluding carboxylic acids is 1. The third-order valence-corrected chi connectivity index (χ3v) is 8.25. The molecule has 3 aliphatic carbocycles. The number of rotatable bonds is 8. The van der Waals surface area contributed by atoms with Crippen molar-refractivity contribution in [2.24, 2.45) is 23.2 Å². The van der Waals surface area contributed by atoms with E-state index < -0.39 is 0 Å². The summed E-state index contributed by atoms with van der Waals surface area (Å²) >= 11 is 6.13. The van der Waals surface area contributed by atoms with Crippen LogP contribution in [0.4, 0.5) is 0 Å². The summed E-state index contributed by atoms with van der Waals surface area (Å²) in [4.78, 5) is 26.2. The van der Waals surface area contributed by atoms with Crippen LogP contribution >= 0.6 is 11.6 Å². The van der Waals surface area contributed by atoms with Gasteiger partial charge in [-0.2, -0.15) is 0 Å². The van der Waals surface area contributed by atoms with Gasteiger partial charge in [0.25, 0.3) is 5.91 Å². The van der Waals surface area contributed by atoms with Crippen molar-refractivity contribution in [1.29, 1.82) is 0 Å². The van der Waals surface area contributed by atoms with Crippen LogP contribution in [0.1, 0.15) is 46.6 Å². The third kappa shape index (κ3) is 4.06. The maximum atomic E-state index is 13.3. The molecule has 3 aliphatic rings. The number of hydrogen-bond donors (Lipinski definition) is 1. The fourth-order valence-electron chi connectivity index (χ4n) is 6.27. The number of allylic oxidation sites excluding steroid dienone is 2. The van der Waals surface area contributed by atoms with Gasteiger partial charge in [0.2, 0.25) is 0 Å². The van der Waals surface area contributed by atoms with Crippen LogP contribution in [0.15, 0.2) is 47.3 Å². The molecule has 3 atom stereocenters. The molecule has 5 rings (SSSR count). The Labute approximate surface area is 199 Å². The Kier molecular flexibility index (Phi) is 5.96. The molecule has 0 unspecified atom stereocenters. The Bertz CT molecular complexity index is 1160. The largest absolute Gasteiger partial charge is 0.378 e. The Morgan fingerprint density at radius 2 is 2.09 bits per heavy atom. The van der Waals surface area contributed by atoms with E-state index in [1.54, 1.807) is 13.2 Å². The van der Waals surface area contributed by atoms with E-state index in [9.17, 15) is 9.59 Å². The first-order valence-corrected chi connectivity index (χ1v) is 12.2. The number of nitrogens with one attached hydrogen (secondary N) is 1. The van der Waals surface area contributed by atoms with Crippen molar-refractivity contribution in [3.8, 4) is 0 Å². The lowest BCUT2D eigenvalue weighted by Gasteiger charge is -2.22. The molecule has 33 heavy (non-hydrogen) atoms. The second-order valence-electron chi connectivity index (χ2n) is 9.89. The molecule has 1 aromatic heterocycles. The van der Waals surface area contributed by atoms with Crippen molar-refractivity contribution >= 4 is 17.5 Å². The molecule has 2 saturated carbocycles. The van der Waals surface area contributed by atoms with Gasteiger partial charge >= 0.3 is 0 Å². The summed E-state index contributed by atoms with van der Waals surface area (Å²) in [5, 5.41) is 3.80. The van der Waals surface area contributed by atoms with Crippen molar-refractivity contribution in [3.63, 3.8) is 0 Å². The lowest BCUT2D eigenvalue weighted by atomic mass is 9.89. The first kappa shape index (κ1) is 22.4. The number of halogens is 1. The van der Waals surface area contributed by atoms with Gasteiger partial charge in [-0.05, 0) is 73.5 Å². The van der Waals surface area contributed by atoms with Gasteiger partial charge in [0.1, 0.15) is 5.56 Å². The molecule has 0 radical (unpaired) electrons. The molecule has 1 spiro atoms. The minimum atomic E-state index is -0.292. The van der Waals surface area contributed by atoms with E-state index in [0.717, 1.165) is 24.1 Å². The zero-order valence-corrected chi connectivity index (χ0v) is 20.0. The van der Waals surface area contributed by atoms with Crippen LogP contribution in [0.3, 0.4) is 0 Å². The molecule has 2 aromatic rings. The summed E-state index contributed by atoms with van der Waals surface area (Å²) in [6.07, 6.45) is 9.25. The van der Waals surface area contributed by atoms with E-state index in [-0.39, 0.29) is 23.5 Å². The van der Waals surface area contributed by atoms with Gasteiger partial charge in [0.05, 0.1) is 12.3 Å². The number of aryl methyl sites for hydroxylation is 2. The normalized spacial score (nSPS) is 23.9. The number of methoxy groups -OCH3 is 1. The molecular weight excluding hydrogens is 436 g/mol. The molecule has 2 fully saturated rings. The van der Waals surface area contributed by atoms with Crippen molar-refractivity contribution in [3.05, 3.63) is 80.2 Å². The predicted molar refractivity (Wildman–Crippen MR) is 130 cm³/mol. The van der Waals surface area contributed by atoms with Crippen LogP contribution in [0.2, 0.25) is 5.02 Å². The van der Waals surface area contributed by atoms with Gasteiger partial charge in [-0.3, -0.25) is 9.59 Å². The number of carbonyl (C=O) groups is 1. The van der Waals surface area contributed by atoms with Gasteiger partial charge in [-0.15, -0.1) is 0 Å². The summed E-state index contributed by atoms with van der Waals surface area (Å²) in [6, 6.07) is 9.32. The van der Waals surface area contributed by atoms with E-state index in [2.05, 4.69) is 17.5 Å². The molecule has 5 nitrogen and oxygen atoms in total. The van der Waals surface area contributed by atoms with Gasteiger partial charge in [-0.25, -0.2) is 0 Å². The van der Waals surface area contributed by atoms with Gasteiger partial charge in [0, 0.05) is 37.0 Å². The number of hydrogen-bond acceptors (Lipinski definition) is 3. The lowest BCUT2D eigenvalue weighted by molar-refractivity contribution is 0.0935. The number of amides is 1. The van der Waals surface area contributed by atoms with Gasteiger partial charge < -0.3 is 14.6 Å². The fraction of sp³-hybridized carbons (Fsp3) is 0.481. The molecule has 1 amide bonds. The molecule has 0 aliphatic heterocycles. The Morgan fingerprint density at radius 3 is 2.79 bits per heavy atom. The molecule has 2 bridgehead atoms. The van der Waals surface area contributed by atoms with E-state index in [0.29, 0.717) is 47.0 Å². The first-order valence-electron chi connectivity index (χ1n) is 11.9. The SMILES string of the molecule is COCc1c(C(=O)NC[C@@H]2C[C@@H]3C=C[C@@H]2C32CC2)c(=O)cc(C)n1CCc1cccc(Cl)c1. The molecule has 174 valence electrons. The highest BCUT2D eigenvalue weighted by atomic mass is 35.5. The van der Waals surface area contributed by atoms with Crippen molar-refractivity contribution in [2.45, 2.75) is 45.8 Å². The minimum Gasteiger partial charge on any atom is -0.378 e. The smallest absolute Gasteiger partial charge is 0.257 e. The van der Waals surface area contributed by atoms with Gasteiger partial charge in [0.15, 0.2) is 5.43 Å². The highest BCUT2D eigenvalue weighted by Gasteiger charge is 2.62. The number of nitrogens with zero attached hydrogens (tertiary/aromatic N) is 1. The lowest BCUT2D eigenvalue weighted by Crippen LogP contribution is -2.36. The standard InChI is InChI=1S/C27H31ClN2O3/c1-17-12-24(31)25(23(16-33-2)30(17)11-8-18-4-3-5-21(28)13-18)26(32)29-15-19-14-20-6-7-22(19)27(20)9-10-27/h3-7,12-13,19-20,22H,8-11,14-16H2,1-2H3,(H,29,32)/t19-,20-,22-/m0/s1. The van der Waals surface area contributed by atoms with Crippen LogP contribution in [0, 0.1) is 30.1 Å². The molecule has 1 N–H and O–H groups in total. The summed E-state index contributed by atoms with van der Waals surface area (Å²) in [5.74, 6) is 1.43. The monoisotopic (exact) mass is 466 g/mol. The second kappa shape index (κ2) is 8.77. The highest BCUT2D eigenvalue weighted by molar-refractivity contribution is 6.30. The van der Waals surface area contributed by atoms with Crippen LogP contribution < -0.4 is 10.7 Å². The summed E-state index contributed by atoms with van der Waals surface area (Å²) in [7, 11) is 1.59. The van der Waals surface area contributed by atoms with E-state index in [1.807, 2.05) is 35.8 Å². The topological polar surface area (TPSA) is 60.3 Å². The van der Waals surface area contributed by atoms with Crippen molar-refractivity contribution in [2.75, 3.05) is 13.7 Å². The minimum absolute atomic E-state index is 0.202. The maximum Gasteiger partial charge on any atom is 0.257 e. The van der Waals surface area contributed by atoms with Crippen molar-refractivity contribution < 1.29 is 9.53 Å². The van der Waals surface area contributed by atoms with E-state index in [4.69, 9.17) is 16.3 Å². The summed E-state index contributed by atoms with van der Waals surface area (Å²) < 4.78 is 7.45.